The molecule has 2 aromatic rings. The van der Waals surface area contributed by atoms with Gasteiger partial charge in [0.15, 0.2) is 0 Å². The van der Waals surface area contributed by atoms with Crippen molar-refractivity contribution in [2.45, 2.75) is 13.3 Å². The molecule has 3 nitrogen and oxygen atoms in total. The number of halogens is 3. The SMILES string of the molecule is Cc1nc(Cc2ccc(Cl)cc2Cl)nc(N)c1Br. The molecule has 0 bridgehead atoms. The van der Waals surface area contributed by atoms with E-state index in [0.717, 1.165) is 15.7 Å². The minimum Gasteiger partial charge on any atom is -0.383 e. The second kappa shape index (κ2) is 5.43. The number of anilines is 1. The van der Waals surface area contributed by atoms with Gasteiger partial charge >= 0.3 is 0 Å². The fourth-order valence-corrected chi connectivity index (χ4v) is 2.21. The second-order valence-corrected chi connectivity index (χ2v) is 5.47. The normalized spacial score (nSPS) is 10.7. The largest absolute Gasteiger partial charge is 0.383 e. The zero-order chi connectivity index (χ0) is 13.3. The summed E-state index contributed by atoms with van der Waals surface area (Å²) in [5, 5.41) is 1.21. The summed E-state index contributed by atoms with van der Waals surface area (Å²) < 4.78 is 0.730. The molecule has 2 N–H and O–H groups in total. The fourth-order valence-electron chi connectivity index (χ4n) is 1.56. The number of benzene rings is 1. The van der Waals surface area contributed by atoms with Gasteiger partial charge in [0.05, 0.1) is 10.2 Å². The Labute approximate surface area is 123 Å². The summed E-state index contributed by atoms with van der Waals surface area (Å²) in [6, 6.07) is 5.35. The number of aryl methyl sites for hydroxylation is 1. The van der Waals surface area contributed by atoms with E-state index < -0.39 is 0 Å². The Morgan fingerprint density at radius 2 is 2.00 bits per heavy atom. The smallest absolute Gasteiger partial charge is 0.141 e. The van der Waals surface area contributed by atoms with Crippen LogP contribution in [0.3, 0.4) is 0 Å². The average Bonchev–Trinajstić information content (AvgIpc) is 2.29. The predicted octanol–water partition coefficient (Wildman–Crippen LogP) is 4.03. The van der Waals surface area contributed by atoms with Crippen LogP contribution in [0.1, 0.15) is 17.1 Å². The summed E-state index contributed by atoms with van der Waals surface area (Å²) in [6.45, 7) is 1.87. The molecule has 0 aliphatic carbocycles. The average molecular weight is 347 g/mol. The molecule has 2 rings (SSSR count). The van der Waals surface area contributed by atoms with Crippen LogP contribution in [-0.2, 0) is 6.42 Å². The van der Waals surface area contributed by atoms with Crippen molar-refractivity contribution < 1.29 is 0 Å². The lowest BCUT2D eigenvalue weighted by atomic mass is 10.1. The van der Waals surface area contributed by atoms with E-state index in [4.69, 9.17) is 28.9 Å². The fraction of sp³-hybridized carbons (Fsp3) is 0.167. The maximum absolute atomic E-state index is 6.11. The third-order valence-corrected chi connectivity index (χ3v) is 4.02. The van der Waals surface area contributed by atoms with Crippen molar-refractivity contribution >= 4 is 44.9 Å². The highest BCUT2D eigenvalue weighted by molar-refractivity contribution is 9.10. The summed E-state index contributed by atoms with van der Waals surface area (Å²) in [5.74, 6) is 1.07. The number of nitrogen functional groups attached to an aromatic ring is 1. The Morgan fingerprint density at radius 1 is 1.28 bits per heavy atom. The first kappa shape index (κ1) is 13.6. The first-order valence-electron chi connectivity index (χ1n) is 5.20. The van der Waals surface area contributed by atoms with Crippen molar-refractivity contribution in [1.82, 2.24) is 9.97 Å². The molecule has 0 aliphatic rings. The highest BCUT2D eigenvalue weighted by Gasteiger charge is 2.09. The van der Waals surface area contributed by atoms with E-state index in [0.29, 0.717) is 28.1 Å². The Hall–Kier alpha value is -0.840. The van der Waals surface area contributed by atoms with Crippen LogP contribution in [0.4, 0.5) is 5.82 Å². The number of rotatable bonds is 2. The molecule has 0 saturated carbocycles. The van der Waals surface area contributed by atoms with Gasteiger partial charge < -0.3 is 5.73 Å². The van der Waals surface area contributed by atoms with Crippen LogP contribution in [0, 0.1) is 6.92 Å². The van der Waals surface area contributed by atoms with Gasteiger partial charge in [0.1, 0.15) is 11.6 Å². The first-order chi connectivity index (χ1) is 8.47. The van der Waals surface area contributed by atoms with Crippen molar-refractivity contribution in [3.63, 3.8) is 0 Å². The molecule has 0 saturated heterocycles. The molecule has 0 unspecified atom stereocenters. The molecule has 18 heavy (non-hydrogen) atoms. The van der Waals surface area contributed by atoms with E-state index in [1.165, 1.54) is 0 Å². The number of hydrogen-bond donors (Lipinski definition) is 1. The van der Waals surface area contributed by atoms with Gasteiger partial charge in [-0.25, -0.2) is 9.97 Å². The highest BCUT2D eigenvalue weighted by atomic mass is 79.9. The molecule has 1 aromatic carbocycles. The maximum Gasteiger partial charge on any atom is 0.141 e. The summed E-state index contributed by atoms with van der Waals surface area (Å²) in [5.41, 5.74) is 7.51. The van der Waals surface area contributed by atoms with Crippen molar-refractivity contribution in [3.8, 4) is 0 Å². The summed E-state index contributed by atoms with van der Waals surface area (Å²) >= 11 is 15.3. The number of nitrogens with zero attached hydrogens (tertiary/aromatic N) is 2. The van der Waals surface area contributed by atoms with Crippen molar-refractivity contribution in [2.75, 3.05) is 5.73 Å². The van der Waals surface area contributed by atoms with Crippen molar-refractivity contribution in [1.29, 1.82) is 0 Å². The molecule has 0 atom stereocenters. The monoisotopic (exact) mass is 345 g/mol. The van der Waals surface area contributed by atoms with Crippen LogP contribution in [0.5, 0.6) is 0 Å². The van der Waals surface area contributed by atoms with E-state index in [-0.39, 0.29) is 0 Å². The van der Waals surface area contributed by atoms with Crippen LogP contribution in [0.2, 0.25) is 10.0 Å². The Bertz CT molecular complexity index is 579. The topological polar surface area (TPSA) is 51.8 Å². The summed E-state index contributed by atoms with van der Waals surface area (Å²) in [6.07, 6.45) is 0.522. The molecule has 0 radical (unpaired) electrons. The standard InChI is InChI=1S/C12H10BrCl2N3/c1-6-11(13)12(16)18-10(17-6)4-7-2-3-8(14)5-9(7)15/h2-3,5H,4H2,1H3,(H2,16,17,18). The van der Waals surface area contributed by atoms with E-state index in [1.807, 2.05) is 13.0 Å². The third kappa shape index (κ3) is 2.94. The Morgan fingerprint density at radius 3 is 2.61 bits per heavy atom. The van der Waals surface area contributed by atoms with Gasteiger partial charge in [-0.3, -0.25) is 0 Å². The number of nitrogens with two attached hydrogens (primary N) is 1. The molecule has 0 fully saturated rings. The Kier molecular flexibility index (Phi) is 4.10. The maximum atomic E-state index is 6.11. The van der Waals surface area contributed by atoms with E-state index >= 15 is 0 Å². The van der Waals surface area contributed by atoms with Gasteiger partial charge in [0.25, 0.3) is 0 Å². The molecule has 0 aliphatic heterocycles. The lowest BCUT2D eigenvalue weighted by molar-refractivity contribution is 0.941. The van der Waals surface area contributed by atoms with Gasteiger partial charge in [-0.15, -0.1) is 0 Å². The highest BCUT2D eigenvalue weighted by Crippen LogP contribution is 2.24. The molecule has 1 aromatic heterocycles. The lowest BCUT2D eigenvalue weighted by Gasteiger charge is -2.07. The molecular formula is C12H10BrCl2N3. The number of hydrogen-bond acceptors (Lipinski definition) is 3. The van der Waals surface area contributed by atoms with E-state index in [9.17, 15) is 0 Å². The molecular weight excluding hydrogens is 337 g/mol. The van der Waals surface area contributed by atoms with Crippen LogP contribution in [0.25, 0.3) is 0 Å². The number of aromatic nitrogens is 2. The minimum atomic E-state index is 0.433. The molecule has 1 heterocycles. The van der Waals surface area contributed by atoms with Gasteiger partial charge in [-0.1, -0.05) is 29.3 Å². The zero-order valence-corrected chi connectivity index (χ0v) is 12.6. The molecule has 6 heteroatoms. The van der Waals surface area contributed by atoms with Crippen LogP contribution in [-0.4, -0.2) is 9.97 Å². The first-order valence-corrected chi connectivity index (χ1v) is 6.74. The third-order valence-electron chi connectivity index (χ3n) is 2.45. The van der Waals surface area contributed by atoms with Crippen molar-refractivity contribution in [2.24, 2.45) is 0 Å². The lowest BCUT2D eigenvalue weighted by Crippen LogP contribution is -2.04. The molecule has 0 amide bonds. The molecule has 0 spiro atoms. The Balaban J connectivity index is 2.34. The predicted molar refractivity (Wildman–Crippen MR) is 78.1 cm³/mol. The van der Waals surface area contributed by atoms with Crippen LogP contribution in [0.15, 0.2) is 22.7 Å². The van der Waals surface area contributed by atoms with Gasteiger partial charge in [0.2, 0.25) is 0 Å². The second-order valence-electron chi connectivity index (χ2n) is 3.84. The summed E-state index contributed by atoms with van der Waals surface area (Å²) in [4.78, 5) is 8.58. The quantitative estimate of drug-likeness (QED) is 0.893. The van der Waals surface area contributed by atoms with E-state index in [1.54, 1.807) is 12.1 Å². The summed E-state index contributed by atoms with van der Waals surface area (Å²) in [7, 11) is 0. The van der Waals surface area contributed by atoms with Gasteiger partial charge in [0, 0.05) is 16.5 Å². The molecule has 94 valence electrons. The van der Waals surface area contributed by atoms with Crippen LogP contribution < -0.4 is 5.73 Å². The van der Waals surface area contributed by atoms with Crippen LogP contribution >= 0.6 is 39.1 Å². The minimum absolute atomic E-state index is 0.433. The zero-order valence-electron chi connectivity index (χ0n) is 9.54. The van der Waals surface area contributed by atoms with Gasteiger partial charge in [-0.05, 0) is 40.5 Å². The van der Waals surface area contributed by atoms with Gasteiger partial charge in [-0.2, -0.15) is 0 Å². The van der Waals surface area contributed by atoms with Crippen molar-refractivity contribution in [3.05, 3.63) is 49.8 Å². The van der Waals surface area contributed by atoms with E-state index in [2.05, 4.69) is 25.9 Å².